The summed E-state index contributed by atoms with van der Waals surface area (Å²) < 4.78 is 13.0. The van der Waals surface area contributed by atoms with Gasteiger partial charge in [-0.3, -0.25) is 4.79 Å². The van der Waals surface area contributed by atoms with Gasteiger partial charge in [0.2, 0.25) is 5.91 Å². The zero-order valence-electron chi connectivity index (χ0n) is 14.7. The number of halogens is 1. The van der Waals surface area contributed by atoms with Crippen LogP contribution in [0.3, 0.4) is 0 Å². The monoisotopic (exact) mass is 355 g/mol. The van der Waals surface area contributed by atoms with Crippen molar-refractivity contribution in [3.05, 3.63) is 71.0 Å². The molecule has 136 valence electrons. The van der Waals surface area contributed by atoms with Crippen LogP contribution >= 0.6 is 0 Å². The van der Waals surface area contributed by atoms with Gasteiger partial charge in [0.25, 0.3) is 0 Å². The Morgan fingerprint density at radius 3 is 2.50 bits per heavy atom. The van der Waals surface area contributed by atoms with E-state index in [1.807, 2.05) is 31.2 Å². The van der Waals surface area contributed by atoms with Crippen LogP contribution in [0.4, 0.5) is 9.18 Å². The van der Waals surface area contributed by atoms with Crippen molar-refractivity contribution in [2.45, 2.75) is 20.0 Å². The van der Waals surface area contributed by atoms with E-state index in [1.54, 1.807) is 17.0 Å². The van der Waals surface area contributed by atoms with Gasteiger partial charge < -0.3 is 15.1 Å². The first-order chi connectivity index (χ1) is 12.5. The van der Waals surface area contributed by atoms with Crippen LogP contribution in [0, 0.1) is 12.7 Å². The van der Waals surface area contributed by atoms with Crippen LogP contribution in [0.15, 0.2) is 48.5 Å². The fourth-order valence-corrected chi connectivity index (χ4v) is 2.97. The van der Waals surface area contributed by atoms with E-state index in [1.165, 1.54) is 17.0 Å². The number of benzene rings is 2. The van der Waals surface area contributed by atoms with Gasteiger partial charge in [0.1, 0.15) is 12.4 Å². The van der Waals surface area contributed by atoms with Crippen molar-refractivity contribution >= 4 is 11.9 Å². The van der Waals surface area contributed by atoms with Crippen molar-refractivity contribution in [1.29, 1.82) is 0 Å². The minimum Gasteiger partial charge on any atom is -0.350 e. The highest BCUT2D eigenvalue weighted by atomic mass is 19.1. The first-order valence-electron chi connectivity index (χ1n) is 8.62. The summed E-state index contributed by atoms with van der Waals surface area (Å²) in [5, 5.41) is 2.86. The van der Waals surface area contributed by atoms with Gasteiger partial charge in [-0.25, -0.2) is 9.18 Å². The minimum atomic E-state index is -0.298. The van der Waals surface area contributed by atoms with Crippen molar-refractivity contribution in [2.75, 3.05) is 19.6 Å². The predicted octanol–water partition coefficient (Wildman–Crippen LogP) is 2.69. The maximum absolute atomic E-state index is 13.0. The third-order valence-corrected chi connectivity index (χ3v) is 4.54. The Morgan fingerprint density at radius 1 is 1.08 bits per heavy atom. The molecule has 1 aliphatic rings. The SMILES string of the molecule is Cc1ccccc1CNC(=O)CN1CCN(Cc2ccc(F)cc2)C1=O. The van der Waals surface area contributed by atoms with Crippen molar-refractivity contribution in [2.24, 2.45) is 0 Å². The molecule has 1 N–H and O–H groups in total. The maximum Gasteiger partial charge on any atom is 0.320 e. The van der Waals surface area contributed by atoms with E-state index >= 15 is 0 Å². The largest absolute Gasteiger partial charge is 0.350 e. The van der Waals surface area contributed by atoms with E-state index in [0.29, 0.717) is 26.2 Å². The van der Waals surface area contributed by atoms with Gasteiger partial charge in [-0.2, -0.15) is 0 Å². The first kappa shape index (κ1) is 17.9. The van der Waals surface area contributed by atoms with Crippen molar-refractivity contribution < 1.29 is 14.0 Å². The van der Waals surface area contributed by atoms with Crippen LogP contribution in [0.2, 0.25) is 0 Å². The molecule has 1 fully saturated rings. The molecule has 5 nitrogen and oxygen atoms in total. The molecule has 26 heavy (non-hydrogen) atoms. The average molecular weight is 355 g/mol. The molecule has 2 aromatic rings. The molecule has 3 amide bonds. The standard InChI is InChI=1S/C20H22FN3O2/c1-15-4-2-3-5-17(15)12-22-19(25)14-24-11-10-23(20(24)26)13-16-6-8-18(21)9-7-16/h2-9H,10-14H2,1H3,(H,22,25). The molecular formula is C20H22FN3O2. The van der Waals surface area contributed by atoms with E-state index in [0.717, 1.165) is 16.7 Å². The van der Waals surface area contributed by atoms with Crippen LogP contribution in [0.5, 0.6) is 0 Å². The van der Waals surface area contributed by atoms with E-state index in [9.17, 15) is 14.0 Å². The fraction of sp³-hybridized carbons (Fsp3) is 0.300. The zero-order chi connectivity index (χ0) is 18.5. The summed E-state index contributed by atoms with van der Waals surface area (Å²) in [7, 11) is 0. The second kappa shape index (κ2) is 7.99. The second-order valence-electron chi connectivity index (χ2n) is 6.46. The molecule has 0 aromatic heterocycles. The number of carbonyl (C=O) groups excluding carboxylic acids is 2. The molecule has 1 aliphatic heterocycles. The molecule has 0 unspecified atom stereocenters. The Hall–Kier alpha value is -2.89. The number of rotatable bonds is 6. The summed E-state index contributed by atoms with van der Waals surface area (Å²) in [5.41, 5.74) is 3.05. The van der Waals surface area contributed by atoms with Gasteiger partial charge in [-0.05, 0) is 35.7 Å². The molecule has 2 aromatic carbocycles. The highest BCUT2D eigenvalue weighted by Crippen LogP contribution is 2.14. The molecule has 0 bridgehead atoms. The quantitative estimate of drug-likeness (QED) is 0.866. The summed E-state index contributed by atoms with van der Waals surface area (Å²) >= 11 is 0. The van der Waals surface area contributed by atoms with E-state index in [4.69, 9.17) is 0 Å². The van der Waals surface area contributed by atoms with Crippen LogP contribution < -0.4 is 5.32 Å². The van der Waals surface area contributed by atoms with Crippen LogP contribution in [-0.2, 0) is 17.9 Å². The average Bonchev–Trinajstić information content (AvgIpc) is 2.96. The number of hydrogen-bond acceptors (Lipinski definition) is 2. The number of carbonyl (C=O) groups is 2. The summed E-state index contributed by atoms with van der Waals surface area (Å²) in [4.78, 5) is 27.8. The van der Waals surface area contributed by atoms with Gasteiger partial charge in [0, 0.05) is 26.2 Å². The van der Waals surface area contributed by atoms with Gasteiger partial charge >= 0.3 is 6.03 Å². The van der Waals surface area contributed by atoms with E-state index < -0.39 is 0 Å². The molecular weight excluding hydrogens is 333 g/mol. The highest BCUT2D eigenvalue weighted by molar-refractivity contribution is 5.85. The second-order valence-corrected chi connectivity index (χ2v) is 6.46. The molecule has 3 rings (SSSR count). The summed E-state index contributed by atoms with van der Waals surface area (Å²) in [6.45, 7) is 3.98. The van der Waals surface area contributed by atoms with Crippen molar-refractivity contribution in [3.8, 4) is 0 Å². The maximum atomic E-state index is 13.0. The topological polar surface area (TPSA) is 52.7 Å². The lowest BCUT2D eigenvalue weighted by Gasteiger charge is -2.18. The van der Waals surface area contributed by atoms with Gasteiger partial charge in [0.05, 0.1) is 0 Å². The molecule has 0 spiro atoms. The Bertz CT molecular complexity index is 792. The van der Waals surface area contributed by atoms with Crippen molar-refractivity contribution in [3.63, 3.8) is 0 Å². The summed E-state index contributed by atoms with van der Waals surface area (Å²) in [6.07, 6.45) is 0. The minimum absolute atomic E-state index is 0.0463. The molecule has 0 saturated carbocycles. The normalized spacial score (nSPS) is 14.0. The Labute approximate surface area is 152 Å². The third-order valence-electron chi connectivity index (χ3n) is 4.54. The predicted molar refractivity (Wildman–Crippen MR) is 96.8 cm³/mol. The lowest BCUT2D eigenvalue weighted by Crippen LogP contribution is -2.39. The Morgan fingerprint density at radius 2 is 1.77 bits per heavy atom. The van der Waals surface area contributed by atoms with Gasteiger partial charge in [-0.15, -0.1) is 0 Å². The van der Waals surface area contributed by atoms with Crippen molar-refractivity contribution in [1.82, 2.24) is 15.1 Å². The Kier molecular flexibility index (Phi) is 5.51. The number of nitrogens with zero attached hydrogens (tertiary/aromatic N) is 2. The van der Waals surface area contributed by atoms with Crippen LogP contribution in [0.1, 0.15) is 16.7 Å². The number of hydrogen-bond donors (Lipinski definition) is 1. The third kappa shape index (κ3) is 4.39. The number of urea groups is 1. The first-order valence-corrected chi connectivity index (χ1v) is 8.62. The zero-order valence-corrected chi connectivity index (χ0v) is 14.7. The Balaban J connectivity index is 1.49. The highest BCUT2D eigenvalue weighted by Gasteiger charge is 2.29. The van der Waals surface area contributed by atoms with Gasteiger partial charge in [-0.1, -0.05) is 36.4 Å². The lowest BCUT2D eigenvalue weighted by atomic mass is 10.1. The fourth-order valence-electron chi connectivity index (χ4n) is 2.97. The number of amides is 3. The summed E-state index contributed by atoms with van der Waals surface area (Å²) in [5.74, 6) is -0.473. The lowest BCUT2D eigenvalue weighted by molar-refractivity contribution is -0.121. The van der Waals surface area contributed by atoms with E-state index in [2.05, 4.69) is 5.32 Å². The number of aryl methyl sites for hydroxylation is 1. The molecule has 1 saturated heterocycles. The molecule has 0 atom stereocenters. The number of nitrogens with one attached hydrogen (secondary N) is 1. The van der Waals surface area contributed by atoms with Gasteiger partial charge in [0.15, 0.2) is 0 Å². The van der Waals surface area contributed by atoms with Crippen LogP contribution in [-0.4, -0.2) is 41.4 Å². The smallest absolute Gasteiger partial charge is 0.320 e. The summed E-state index contributed by atoms with van der Waals surface area (Å²) in [6, 6.07) is 13.8. The molecule has 6 heteroatoms. The molecule has 0 aliphatic carbocycles. The molecule has 0 radical (unpaired) electrons. The molecule has 1 heterocycles. The van der Waals surface area contributed by atoms with Crippen LogP contribution in [0.25, 0.3) is 0 Å². The van der Waals surface area contributed by atoms with E-state index in [-0.39, 0.29) is 24.3 Å².